The Balaban J connectivity index is 3.99. The van der Waals surface area contributed by atoms with Gasteiger partial charge in [0.15, 0.2) is 0 Å². The Bertz CT molecular complexity index is 123. The van der Waals surface area contributed by atoms with E-state index in [2.05, 4.69) is 5.43 Å². The van der Waals surface area contributed by atoms with Gasteiger partial charge in [-0.3, -0.25) is 10.6 Å². The van der Waals surface area contributed by atoms with Crippen molar-refractivity contribution < 1.29 is 5.11 Å². The summed E-state index contributed by atoms with van der Waals surface area (Å²) in [5.41, 5.74) is 0.901. The quantitative estimate of drug-likeness (QED) is 0.465. The second-order valence-electron chi connectivity index (χ2n) is 4.15. The highest BCUT2D eigenvalue weighted by Gasteiger charge is 2.19. The third-order valence-corrected chi connectivity index (χ3v) is 0.934. The van der Waals surface area contributed by atoms with Crippen LogP contribution in [0, 0.1) is 5.21 Å². The Morgan fingerprint density at radius 2 is 1.55 bits per heavy atom. The standard InChI is InChI=1S/C7H17N2O2/c1-6(2,3)8-9(11)7(4,5)10/h8,10H,1-5H3/q-1. The van der Waals surface area contributed by atoms with Gasteiger partial charge in [-0.2, -0.15) is 0 Å². The molecule has 4 nitrogen and oxygen atoms in total. The molecule has 0 saturated heterocycles. The highest BCUT2D eigenvalue weighted by molar-refractivity contribution is 4.74. The van der Waals surface area contributed by atoms with E-state index in [1.807, 2.05) is 20.8 Å². The highest BCUT2D eigenvalue weighted by atomic mass is 16.6. The van der Waals surface area contributed by atoms with Gasteiger partial charge in [0.2, 0.25) is 0 Å². The van der Waals surface area contributed by atoms with Crippen molar-refractivity contribution in [2.45, 2.75) is 45.9 Å². The lowest BCUT2D eigenvalue weighted by Gasteiger charge is -2.44. The average molecular weight is 161 g/mol. The van der Waals surface area contributed by atoms with E-state index in [-0.39, 0.29) is 5.54 Å². The maximum absolute atomic E-state index is 11.0. The zero-order chi connectivity index (χ0) is 9.28. The molecule has 0 aromatic heterocycles. The Morgan fingerprint density at radius 3 is 1.64 bits per heavy atom. The smallest absolute Gasteiger partial charge is 0.114 e. The van der Waals surface area contributed by atoms with E-state index in [1.54, 1.807) is 0 Å². The van der Waals surface area contributed by atoms with E-state index in [1.165, 1.54) is 13.8 Å². The molecule has 0 spiro atoms. The van der Waals surface area contributed by atoms with Gasteiger partial charge in [0, 0.05) is 5.54 Å². The topological polar surface area (TPSA) is 58.6 Å². The number of hydroxylamine groups is 1. The molecule has 0 unspecified atom stereocenters. The summed E-state index contributed by atoms with van der Waals surface area (Å²) in [7, 11) is 0. The predicted molar refractivity (Wildman–Crippen MR) is 44.4 cm³/mol. The van der Waals surface area contributed by atoms with Crippen molar-refractivity contribution in [3.63, 3.8) is 0 Å². The predicted octanol–water partition coefficient (Wildman–Crippen LogP) is 0.818. The molecule has 0 aliphatic carbocycles. The van der Waals surface area contributed by atoms with Crippen LogP contribution in [0.4, 0.5) is 0 Å². The van der Waals surface area contributed by atoms with Crippen LogP contribution in [0.2, 0.25) is 0 Å². The zero-order valence-corrected chi connectivity index (χ0v) is 7.80. The first kappa shape index (κ1) is 10.8. The van der Waals surface area contributed by atoms with Gasteiger partial charge in [-0.1, -0.05) is 0 Å². The fraction of sp³-hybridized carbons (Fsp3) is 1.00. The molecule has 0 aliphatic heterocycles. The maximum Gasteiger partial charge on any atom is 0.114 e. The van der Waals surface area contributed by atoms with Crippen LogP contribution in [0.25, 0.3) is 0 Å². The summed E-state index contributed by atoms with van der Waals surface area (Å²) in [5.74, 6) is 0. The minimum atomic E-state index is -1.37. The average Bonchev–Trinajstić information content (AvgIpc) is 1.56. The first-order valence-electron chi connectivity index (χ1n) is 3.60. The Morgan fingerprint density at radius 1 is 1.18 bits per heavy atom. The number of nitrogens with zero attached hydrogens (tertiary/aromatic N) is 1. The molecule has 0 radical (unpaired) electrons. The highest BCUT2D eigenvalue weighted by Crippen LogP contribution is 2.09. The lowest BCUT2D eigenvalue weighted by molar-refractivity contribution is -0.0908. The lowest BCUT2D eigenvalue weighted by Crippen LogP contribution is -2.55. The van der Waals surface area contributed by atoms with E-state index in [0.29, 0.717) is 5.17 Å². The van der Waals surface area contributed by atoms with Gasteiger partial charge in [-0.15, -0.1) is 0 Å². The van der Waals surface area contributed by atoms with Gasteiger partial charge < -0.3 is 10.3 Å². The molecule has 0 heterocycles. The molecule has 0 aromatic carbocycles. The Labute approximate surface area is 67.8 Å². The summed E-state index contributed by atoms with van der Waals surface area (Å²) in [6, 6.07) is 0. The second kappa shape index (κ2) is 3.06. The fourth-order valence-electron chi connectivity index (χ4n) is 0.441. The lowest BCUT2D eigenvalue weighted by atomic mass is 10.1. The molecular weight excluding hydrogens is 144 g/mol. The molecule has 0 saturated carbocycles. The van der Waals surface area contributed by atoms with Crippen molar-refractivity contribution in [2.75, 3.05) is 0 Å². The van der Waals surface area contributed by atoms with E-state index in [4.69, 9.17) is 0 Å². The molecule has 68 valence electrons. The summed E-state index contributed by atoms with van der Waals surface area (Å²) in [5, 5.41) is 20.7. The summed E-state index contributed by atoms with van der Waals surface area (Å²) in [6.45, 7) is 8.41. The zero-order valence-electron chi connectivity index (χ0n) is 7.80. The second-order valence-corrected chi connectivity index (χ2v) is 4.15. The number of rotatable bonds is 2. The Kier molecular flexibility index (Phi) is 3.02. The van der Waals surface area contributed by atoms with Gasteiger partial charge in [0.25, 0.3) is 0 Å². The van der Waals surface area contributed by atoms with Crippen LogP contribution < -0.4 is 5.43 Å². The van der Waals surface area contributed by atoms with Crippen LogP contribution in [-0.2, 0) is 0 Å². The van der Waals surface area contributed by atoms with Crippen molar-refractivity contribution in [3.05, 3.63) is 5.21 Å². The summed E-state index contributed by atoms with van der Waals surface area (Å²) >= 11 is 0. The Hall–Kier alpha value is -0.160. The van der Waals surface area contributed by atoms with E-state index < -0.39 is 5.72 Å². The molecule has 2 N–H and O–H groups in total. The molecule has 0 fully saturated rings. The molecule has 0 rings (SSSR count). The van der Waals surface area contributed by atoms with E-state index in [9.17, 15) is 10.3 Å². The SMILES string of the molecule is CC(C)(C)NN([O-])C(C)(C)O. The third kappa shape index (κ3) is 5.15. The summed E-state index contributed by atoms with van der Waals surface area (Å²) in [6.07, 6.45) is 0. The van der Waals surface area contributed by atoms with Crippen LogP contribution >= 0.6 is 0 Å². The van der Waals surface area contributed by atoms with Crippen LogP contribution in [0.1, 0.15) is 34.6 Å². The largest absolute Gasteiger partial charge is 0.770 e. The van der Waals surface area contributed by atoms with Crippen molar-refractivity contribution >= 4 is 0 Å². The summed E-state index contributed by atoms with van der Waals surface area (Å²) < 4.78 is 0. The monoisotopic (exact) mass is 161 g/mol. The van der Waals surface area contributed by atoms with Crippen LogP contribution in [0.15, 0.2) is 0 Å². The minimum Gasteiger partial charge on any atom is -0.770 e. The number of nitrogens with one attached hydrogen (secondary N) is 1. The molecule has 0 atom stereocenters. The molecule has 0 aromatic rings. The molecule has 4 heteroatoms. The van der Waals surface area contributed by atoms with E-state index >= 15 is 0 Å². The van der Waals surface area contributed by atoms with Crippen molar-refractivity contribution in [1.29, 1.82) is 0 Å². The molecule has 0 aliphatic rings. The van der Waals surface area contributed by atoms with E-state index in [0.717, 1.165) is 0 Å². The first-order chi connectivity index (χ1) is 4.63. The van der Waals surface area contributed by atoms with Gasteiger partial charge >= 0.3 is 0 Å². The van der Waals surface area contributed by atoms with Crippen molar-refractivity contribution in [2.24, 2.45) is 0 Å². The van der Waals surface area contributed by atoms with Gasteiger partial charge in [-0.25, -0.2) is 0 Å². The number of hydrazine groups is 1. The number of hydrogen-bond donors (Lipinski definition) is 2. The minimum absolute atomic E-state index is 0.318. The molecular formula is C7H17N2O2-. The third-order valence-electron chi connectivity index (χ3n) is 0.934. The molecule has 11 heavy (non-hydrogen) atoms. The fourth-order valence-corrected chi connectivity index (χ4v) is 0.441. The van der Waals surface area contributed by atoms with Crippen LogP contribution in [0.5, 0.6) is 0 Å². The van der Waals surface area contributed by atoms with Gasteiger partial charge in [0.05, 0.1) is 0 Å². The van der Waals surface area contributed by atoms with Crippen LogP contribution in [0.3, 0.4) is 0 Å². The van der Waals surface area contributed by atoms with Crippen LogP contribution in [-0.4, -0.2) is 21.5 Å². The molecule has 0 bridgehead atoms. The summed E-state index contributed by atoms with van der Waals surface area (Å²) in [4.78, 5) is 0. The number of hydrogen-bond acceptors (Lipinski definition) is 4. The maximum atomic E-state index is 11.0. The van der Waals surface area contributed by atoms with Crippen molar-refractivity contribution in [1.82, 2.24) is 10.6 Å². The molecule has 0 amide bonds. The van der Waals surface area contributed by atoms with Gasteiger partial charge in [0.1, 0.15) is 5.72 Å². The number of aliphatic hydroxyl groups is 1. The normalized spacial score (nSPS) is 14.2. The van der Waals surface area contributed by atoms with Gasteiger partial charge in [-0.05, 0) is 34.6 Å². The van der Waals surface area contributed by atoms with Crippen molar-refractivity contribution in [3.8, 4) is 0 Å². The first-order valence-corrected chi connectivity index (χ1v) is 3.60.